The van der Waals surface area contributed by atoms with E-state index in [9.17, 15) is 9.59 Å². The summed E-state index contributed by atoms with van der Waals surface area (Å²) in [6, 6.07) is 0. The first-order valence-corrected chi connectivity index (χ1v) is 5.55. The fourth-order valence-corrected chi connectivity index (χ4v) is 1.32. The van der Waals surface area contributed by atoms with E-state index in [0.29, 0.717) is 0 Å². The van der Waals surface area contributed by atoms with Crippen LogP contribution in [0.15, 0.2) is 0 Å². The third-order valence-corrected chi connectivity index (χ3v) is 2.32. The summed E-state index contributed by atoms with van der Waals surface area (Å²) in [5.74, 6) is -0.981. The van der Waals surface area contributed by atoms with Gasteiger partial charge in [-0.1, -0.05) is 0 Å². The summed E-state index contributed by atoms with van der Waals surface area (Å²) in [4.78, 5) is 22.7. The fourth-order valence-electron chi connectivity index (χ4n) is 0.873. The Kier molecular flexibility index (Phi) is 7.56. The highest BCUT2D eigenvalue weighted by atomic mass is 32.2. The van der Waals surface area contributed by atoms with Crippen molar-refractivity contribution in [2.75, 3.05) is 26.3 Å². The predicted octanol–water partition coefficient (Wildman–Crippen LogP) is -1.85. The van der Waals surface area contributed by atoms with Gasteiger partial charge in [-0.15, -0.1) is 0 Å². The minimum absolute atomic E-state index is 0.0833. The maximum absolute atomic E-state index is 11.4. The summed E-state index contributed by atoms with van der Waals surface area (Å²) in [6.07, 6.45) is -0.226. The minimum Gasteiger partial charge on any atom is -0.395 e. The molecule has 0 spiro atoms. The molecule has 94 valence electrons. The maximum Gasteiger partial charge on any atom is 0.246 e. The summed E-state index contributed by atoms with van der Waals surface area (Å²) in [5, 5.41) is 21.7. The van der Waals surface area contributed by atoms with Crippen LogP contribution in [-0.4, -0.2) is 52.4 Å². The standard InChI is InChI=1S/C8H16N2O4S2/c11-3-1-9-6(13)5-8(15,16)7(14)10-2-4-12/h11-12,15-16H,1-5H2,(H,9,13)(H,10,14). The van der Waals surface area contributed by atoms with Crippen LogP contribution in [0.1, 0.15) is 6.42 Å². The van der Waals surface area contributed by atoms with E-state index in [1.165, 1.54) is 0 Å². The van der Waals surface area contributed by atoms with Crippen LogP contribution in [0, 0.1) is 0 Å². The van der Waals surface area contributed by atoms with E-state index in [2.05, 4.69) is 35.9 Å². The van der Waals surface area contributed by atoms with Gasteiger partial charge < -0.3 is 20.8 Å². The number of thiol groups is 2. The summed E-state index contributed by atoms with van der Waals surface area (Å²) < 4.78 is -1.44. The van der Waals surface area contributed by atoms with E-state index in [0.717, 1.165) is 0 Å². The van der Waals surface area contributed by atoms with Crippen molar-refractivity contribution in [3.63, 3.8) is 0 Å². The smallest absolute Gasteiger partial charge is 0.246 e. The van der Waals surface area contributed by atoms with Crippen molar-refractivity contribution < 1.29 is 19.8 Å². The molecule has 0 saturated carbocycles. The Labute approximate surface area is 105 Å². The van der Waals surface area contributed by atoms with E-state index in [1.54, 1.807) is 0 Å². The molecule has 0 radical (unpaired) electrons. The van der Waals surface area contributed by atoms with Crippen molar-refractivity contribution in [1.29, 1.82) is 0 Å². The van der Waals surface area contributed by atoms with Crippen molar-refractivity contribution in [3.05, 3.63) is 0 Å². The number of carbonyl (C=O) groups is 2. The Hall–Kier alpha value is -0.440. The molecule has 0 aromatic heterocycles. The molecular formula is C8H16N2O4S2. The molecule has 8 heteroatoms. The molecule has 0 aliphatic heterocycles. The zero-order valence-corrected chi connectivity index (χ0v) is 10.4. The van der Waals surface area contributed by atoms with Crippen LogP contribution in [-0.2, 0) is 9.59 Å². The van der Waals surface area contributed by atoms with Crippen LogP contribution in [0.5, 0.6) is 0 Å². The number of aliphatic hydroxyl groups excluding tert-OH is 2. The molecule has 0 unspecified atom stereocenters. The molecule has 0 aromatic carbocycles. The Morgan fingerprint density at radius 1 is 1.06 bits per heavy atom. The molecule has 6 nitrogen and oxygen atoms in total. The van der Waals surface area contributed by atoms with Crippen LogP contribution < -0.4 is 10.6 Å². The SMILES string of the molecule is O=C(CC(S)(S)C(=O)NCCO)NCCO. The largest absolute Gasteiger partial charge is 0.395 e. The average molecular weight is 268 g/mol. The Morgan fingerprint density at radius 2 is 1.56 bits per heavy atom. The van der Waals surface area contributed by atoms with Gasteiger partial charge in [-0.3, -0.25) is 9.59 Å². The van der Waals surface area contributed by atoms with Gasteiger partial charge in [0, 0.05) is 13.1 Å². The second-order valence-electron chi connectivity index (χ2n) is 3.05. The third-order valence-electron chi connectivity index (χ3n) is 1.60. The molecule has 0 aromatic rings. The molecule has 0 aliphatic rings. The lowest BCUT2D eigenvalue weighted by Crippen LogP contribution is -2.43. The summed E-state index contributed by atoms with van der Waals surface area (Å²) in [5.41, 5.74) is 0. The normalized spacial score (nSPS) is 11.0. The molecule has 0 heterocycles. The number of carbonyl (C=O) groups excluding carboxylic acids is 2. The minimum atomic E-state index is -1.44. The molecule has 2 amide bonds. The van der Waals surface area contributed by atoms with Crippen molar-refractivity contribution in [1.82, 2.24) is 10.6 Å². The van der Waals surface area contributed by atoms with Crippen LogP contribution in [0.3, 0.4) is 0 Å². The topological polar surface area (TPSA) is 98.7 Å². The Balaban J connectivity index is 4.11. The van der Waals surface area contributed by atoms with Crippen LogP contribution >= 0.6 is 25.3 Å². The number of rotatable bonds is 7. The maximum atomic E-state index is 11.4. The van der Waals surface area contributed by atoms with Gasteiger partial charge in [-0.05, 0) is 0 Å². The molecular weight excluding hydrogens is 252 g/mol. The predicted molar refractivity (Wildman–Crippen MR) is 65.5 cm³/mol. The van der Waals surface area contributed by atoms with Gasteiger partial charge in [-0.25, -0.2) is 0 Å². The highest BCUT2D eigenvalue weighted by molar-refractivity contribution is 8.02. The molecule has 0 saturated heterocycles. The fraction of sp³-hybridized carbons (Fsp3) is 0.750. The monoisotopic (exact) mass is 268 g/mol. The number of aliphatic hydroxyl groups is 2. The summed E-state index contributed by atoms with van der Waals surface area (Å²) in [7, 11) is 0. The summed E-state index contributed by atoms with van der Waals surface area (Å²) >= 11 is 7.93. The van der Waals surface area contributed by atoms with Gasteiger partial charge in [0.25, 0.3) is 0 Å². The van der Waals surface area contributed by atoms with Gasteiger partial charge in [0.2, 0.25) is 11.8 Å². The number of hydrogen-bond acceptors (Lipinski definition) is 6. The molecule has 0 atom stereocenters. The molecule has 16 heavy (non-hydrogen) atoms. The second kappa shape index (κ2) is 7.77. The molecule has 4 N–H and O–H groups in total. The van der Waals surface area contributed by atoms with E-state index in [1.807, 2.05) is 0 Å². The van der Waals surface area contributed by atoms with Crippen LogP contribution in [0.2, 0.25) is 0 Å². The van der Waals surface area contributed by atoms with E-state index in [4.69, 9.17) is 10.2 Å². The number of amides is 2. The first kappa shape index (κ1) is 15.6. The van der Waals surface area contributed by atoms with Gasteiger partial charge in [0.05, 0.1) is 19.6 Å². The number of hydrogen-bond donors (Lipinski definition) is 6. The highest BCUT2D eigenvalue weighted by Crippen LogP contribution is 2.24. The molecule has 0 rings (SSSR count). The first-order valence-electron chi connectivity index (χ1n) is 4.65. The van der Waals surface area contributed by atoms with Crippen molar-refractivity contribution in [2.45, 2.75) is 10.5 Å². The Bertz CT molecular complexity index is 248. The molecule has 0 aliphatic carbocycles. The lowest BCUT2D eigenvalue weighted by atomic mass is 10.2. The van der Waals surface area contributed by atoms with Gasteiger partial charge in [-0.2, -0.15) is 25.3 Å². The zero-order valence-electron chi connectivity index (χ0n) is 8.64. The lowest BCUT2D eigenvalue weighted by Gasteiger charge is -2.20. The molecule has 0 bridgehead atoms. The van der Waals surface area contributed by atoms with Crippen LogP contribution in [0.4, 0.5) is 0 Å². The van der Waals surface area contributed by atoms with E-state index < -0.39 is 15.9 Å². The van der Waals surface area contributed by atoms with E-state index in [-0.39, 0.29) is 32.7 Å². The third kappa shape index (κ3) is 6.21. The zero-order chi connectivity index (χ0) is 12.6. The Morgan fingerprint density at radius 3 is 2.06 bits per heavy atom. The summed E-state index contributed by atoms with van der Waals surface area (Å²) in [6.45, 7) is -0.163. The van der Waals surface area contributed by atoms with Gasteiger partial charge in [0.1, 0.15) is 4.08 Å². The van der Waals surface area contributed by atoms with Crippen molar-refractivity contribution in [3.8, 4) is 0 Å². The van der Waals surface area contributed by atoms with Crippen LogP contribution in [0.25, 0.3) is 0 Å². The average Bonchev–Trinajstić information content (AvgIpc) is 2.22. The van der Waals surface area contributed by atoms with Crippen molar-refractivity contribution in [2.24, 2.45) is 0 Å². The number of nitrogens with one attached hydrogen (secondary N) is 2. The van der Waals surface area contributed by atoms with Gasteiger partial charge in [0.15, 0.2) is 0 Å². The van der Waals surface area contributed by atoms with E-state index >= 15 is 0 Å². The first-order chi connectivity index (χ1) is 7.44. The van der Waals surface area contributed by atoms with Crippen molar-refractivity contribution >= 4 is 37.1 Å². The lowest BCUT2D eigenvalue weighted by molar-refractivity contribution is -0.126. The molecule has 0 fully saturated rings. The quantitative estimate of drug-likeness (QED) is 0.241. The second-order valence-corrected chi connectivity index (χ2v) is 4.93. The van der Waals surface area contributed by atoms with Gasteiger partial charge >= 0.3 is 0 Å². The highest BCUT2D eigenvalue weighted by Gasteiger charge is 2.32.